The van der Waals surface area contributed by atoms with Gasteiger partial charge >= 0.3 is 0 Å². The molecule has 1 heteroatoms. The normalized spacial score (nSPS) is 16.8. The Morgan fingerprint density at radius 2 is 1.60 bits per heavy atom. The van der Waals surface area contributed by atoms with Gasteiger partial charge < -0.3 is 0 Å². The van der Waals surface area contributed by atoms with E-state index in [1.165, 1.54) is 19.3 Å². The van der Waals surface area contributed by atoms with Crippen molar-refractivity contribution >= 4 is 12.6 Å². The van der Waals surface area contributed by atoms with E-state index in [9.17, 15) is 0 Å². The van der Waals surface area contributed by atoms with Crippen molar-refractivity contribution in [3.8, 4) is 0 Å². The van der Waals surface area contributed by atoms with E-state index >= 15 is 0 Å². The summed E-state index contributed by atoms with van der Waals surface area (Å²) in [7, 11) is 0. The van der Waals surface area contributed by atoms with Crippen molar-refractivity contribution in [2.24, 2.45) is 11.8 Å². The monoisotopic (exact) mass is 160 g/mol. The molecule has 0 saturated heterocycles. The maximum Gasteiger partial charge on any atom is -0.00721 e. The molecule has 0 rings (SSSR count). The Kier molecular flexibility index (Phi) is 6.30. The maximum absolute atomic E-state index is 4.25. The van der Waals surface area contributed by atoms with Gasteiger partial charge in [0.25, 0.3) is 0 Å². The lowest BCUT2D eigenvalue weighted by atomic mass is 9.97. The van der Waals surface area contributed by atoms with Gasteiger partial charge in [0.15, 0.2) is 0 Å². The van der Waals surface area contributed by atoms with Crippen LogP contribution in [0.4, 0.5) is 0 Å². The van der Waals surface area contributed by atoms with Gasteiger partial charge in [-0.1, -0.05) is 33.6 Å². The predicted molar refractivity (Wildman–Crippen MR) is 51.7 cm³/mol. The molecule has 2 unspecified atom stereocenters. The van der Waals surface area contributed by atoms with Crippen LogP contribution in [0.25, 0.3) is 0 Å². The van der Waals surface area contributed by atoms with Crippen LogP contribution < -0.4 is 0 Å². The van der Waals surface area contributed by atoms with Crippen LogP contribution in [-0.2, 0) is 0 Å². The highest BCUT2D eigenvalue weighted by Crippen LogP contribution is 2.15. The standard InChI is InChI=1S/C9H20S/c1-4-8(2)5-6-9(3)7-10/h8-10H,4-7H2,1-3H3. The molecule has 0 N–H and O–H groups in total. The summed E-state index contributed by atoms with van der Waals surface area (Å²) in [5.74, 6) is 2.75. The van der Waals surface area contributed by atoms with Crippen molar-refractivity contribution in [3.05, 3.63) is 0 Å². The zero-order valence-electron chi connectivity index (χ0n) is 7.43. The largest absolute Gasteiger partial charge is 0.179 e. The Morgan fingerprint density at radius 1 is 1.10 bits per heavy atom. The lowest BCUT2D eigenvalue weighted by Crippen LogP contribution is -2.00. The maximum atomic E-state index is 4.25. The highest BCUT2D eigenvalue weighted by Gasteiger charge is 2.02. The third-order valence-electron chi connectivity index (χ3n) is 2.16. The quantitative estimate of drug-likeness (QED) is 0.586. The van der Waals surface area contributed by atoms with Crippen LogP contribution in [0.15, 0.2) is 0 Å². The van der Waals surface area contributed by atoms with Crippen LogP contribution in [-0.4, -0.2) is 5.75 Å². The molecular formula is C9H20S. The van der Waals surface area contributed by atoms with E-state index < -0.39 is 0 Å². The van der Waals surface area contributed by atoms with Crippen LogP contribution in [0, 0.1) is 11.8 Å². The van der Waals surface area contributed by atoms with Crippen molar-refractivity contribution in [1.29, 1.82) is 0 Å². The molecule has 0 nitrogen and oxygen atoms in total. The van der Waals surface area contributed by atoms with E-state index in [2.05, 4.69) is 33.4 Å². The SMILES string of the molecule is CCC(C)CCC(C)CS. The van der Waals surface area contributed by atoms with Gasteiger partial charge in [-0.2, -0.15) is 12.6 Å². The molecule has 0 aromatic rings. The molecule has 62 valence electrons. The van der Waals surface area contributed by atoms with Gasteiger partial charge in [-0.05, 0) is 24.0 Å². The smallest absolute Gasteiger partial charge is 0.00721 e. The molecule has 0 spiro atoms. The van der Waals surface area contributed by atoms with Gasteiger partial charge in [-0.3, -0.25) is 0 Å². The summed E-state index contributed by atoms with van der Waals surface area (Å²) in [4.78, 5) is 0. The third kappa shape index (κ3) is 5.16. The topological polar surface area (TPSA) is 0 Å². The van der Waals surface area contributed by atoms with Crippen molar-refractivity contribution < 1.29 is 0 Å². The molecule has 0 fully saturated rings. The minimum Gasteiger partial charge on any atom is -0.179 e. The van der Waals surface area contributed by atoms with Crippen LogP contribution in [0.1, 0.15) is 40.0 Å². The third-order valence-corrected chi connectivity index (χ3v) is 2.78. The zero-order chi connectivity index (χ0) is 7.98. The van der Waals surface area contributed by atoms with E-state index in [0.29, 0.717) is 0 Å². The highest BCUT2D eigenvalue weighted by molar-refractivity contribution is 7.80. The molecule has 0 amide bonds. The van der Waals surface area contributed by atoms with E-state index in [0.717, 1.165) is 17.6 Å². The van der Waals surface area contributed by atoms with Crippen LogP contribution in [0.2, 0.25) is 0 Å². The molecule has 0 aromatic heterocycles. The number of thiol groups is 1. The minimum absolute atomic E-state index is 0.803. The lowest BCUT2D eigenvalue weighted by Gasteiger charge is -2.11. The molecule has 0 aromatic carbocycles. The second-order valence-corrected chi connectivity index (χ2v) is 3.74. The molecule has 0 saturated carbocycles. The van der Waals surface area contributed by atoms with Crippen molar-refractivity contribution in [1.82, 2.24) is 0 Å². The summed E-state index contributed by atoms with van der Waals surface area (Å²) in [6.07, 6.45) is 4.04. The first-order valence-electron chi connectivity index (χ1n) is 4.31. The summed E-state index contributed by atoms with van der Waals surface area (Å²) < 4.78 is 0. The Morgan fingerprint density at radius 3 is 2.00 bits per heavy atom. The molecule has 0 radical (unpaired) electrons. The average molecular weight is 160 g/mol. The first-order chi connectivity index (χ1) is 4.70. The van der Waals surface area contributed by atoms with Crippen molar-refractivity contribution in [2.45, 2.75) is 40.0 Å². The van der Waals surface area contributed by atoms with E-state index in [4.69, 9.17) is 0 Å². The molecule has 0 heterocycles. The second kappa shape index (κ2) is 6.09. The lowest BCUT2D eigenvalue weighted by molar-refractivity contribution is 0.444. The fraction of sp³-hybridized carbons (Fsp3) is 1.00. The molecule has 0 aliphatic carbocycles. The fourth-order valence-corrected chi connectivity index (χ4v) is 1.05. The Hall–Kier alpha value is 0.350. The summed E-state index contributed by atoms with van der Waals surface area (Å²) in [6.45, 7) is 6.86. The summed E-state index contributed by atoms with van der Waals surface area (Å²) >= 11 is 4.25. The van der Waals surface area contributed by atoms with Gasteiger partial charge in [-0.15, -0.1) is 0 Å². The first kappa shape index (κ1) is 10.3. The Bertz CT molecular complexity index is 61.1. The van der Waals surface area contributed by atoms with Gasteiger partial charge in [0, 0.05) is 0 Å². The molecule has 0 bridgehead atoms. The number of rotatable bonds is 5. The van der Waals surface area contributed by atoms with E-state index in [1.807, 2.05) is 0 Å². The zero-order valence-corrected chi connectivity index (χ0v) is 8.32. The van der Waals surface area contributed by atoms with E-state index in [-0.39, 0.29) is 0 Å². The Labute approximate surface area is 70.8 Å². The number of hydrogen-bond donors (Lipinski definition) is 1. The first-order valence-corrected chi connectivity index (χ1v) is 4.94. The summed E-state index contributed by atoms with van der Waals surface area (Å²) in [5, 5.41) is 0. The van der Waals surface area contributed by atoms with Crippen LogP contribution in [0.3, 0.4) is 0 Å². The van der Waals surface area contributed by atoms with Crippen LogP contribution >= 0.6 is 12.6 Å². The van der Waals surface area contributed by atoms with Crippen molar-refractivity contribution in [3.63, 3.8) is 0 Å². The van der Waals surface area contributed by atoms with Gasteiger partial charge in [0.1, 0.15) is 0 Å². The Balaban J connectivity index is 3.17. The van der Waals surface area contributed by atoms with Gasteiger partial charge in [-0.25, -0.2) is 0 Å². The summed E-state index contributed by atoms with van der Waals surface area (Å²) in [6, 6.07) is 0. The molecule has 0 aliphatic heterocycles. The van der Waals surface area contributed by atoms with Crippen molar-refractivity contribution in [2.75, 3.05) is 5.75 Å². The summed E-state index contributed by atoms with van der Waals surface area (Å²) in [5.41, 5.74) is 0. The molecular weight excluding hydrogens is 140 g/mol. The molecule has 10 heavy (non-hydrogen) atoms. The van der Waals surface area contributed by atoms with Gasteiger partial charge in [0.2, 0.25) is 0 Å². The van der Waals surface area contributed by atoms with Gasteiger partial charge in [0.05, 0.1) is 0 Å². The molecule has 2 atom stereocenters. The fourth-order valence-electron chi connectivity index (χ4n) is 0.864. The predicted octanol–water partition coefficient (Wildman–Crippen LogP) is 3.38. The minimum atomic E-state index is 0.803. The highest BCUT2D eigenvalue weighted by atomic mass is 32.1. The second-order valence-electron chi connectivity index (χ2n) is 3.38. The van der Waals surface area contributed by atoms with Crippen LogP contribution in [0.5, 0.6) is 0 Å². The van der Waals surface area contributed by atoms with E-state index in [1.54, 1.807) is 0 Å². The molecule has 0 aliphatic rings. The number of hydrogen-bond acceptors (Lipinski definition) is 1. The average Bonchev–Trinajstić information content (AvgIpc) is 1.99.